The van der Waals surface area contributed by atoms with E-state index < -0.39 is 0 Å². The van der Waals surface area contributed by atoms with E-state index in [4.69, 9.17) is 25.7 Å². The minimum atomic E-state index is -0.260. The highest BCUT2D eigenvalue weighted by atomic mass is 16.7. The van der Waals surface area contributed by atoms with Crippen LogP contribution in [0, 0.1) is 52.3 Å². The summed E-state index contributed by atoms with van der Waals surface area (Å²) < 4.78 is 19.1. The Labute approximate surface area is 283 Å². The van der Waals surface area contributed by atoms with E-state index in [0.717, 1.165) is 60.8 Å². The van der Waals surface area contributed by atoms with E-state index in [-0.39, 0.29) is 30.4 Å². The van der Waals surface area contributed by atoms with E-state index >= 15 is 0 Å². The first-order valence-corrected chi connectivity index (χ1v) is 18.6. The number of nitrogens with two attached hydrogens (primary N) is 2. The highest BCUT2D eigenvalue weighted by Crippen LogP contribution is 2.68. The molecule has 6 nitrogen and oxygen atoms in total. The summed E-state index contributed by atoms with van der Waals surface area (Å²) in [5.41, 5.74) is 14.3. The summed E-state index contributed by atoms with van der Waals surface area (Å²) in [4.78, 5) is 13.1. The molecule has 258 valence electrons. The number of ether oxygens (including phenoxy) is 3. The van der Waals surface area contributed by atoms with Gasteiger partial charge in [-0.05, 0) is 152 Å². The number of esters is 1. The van der Waals surface area contributed by atoms with E-state index in [9.17, 15) is 4.79 Å². The summed E-state index contributed by atoms with van der Waals surface area (Å²) in [6.45, 7) is 12.7. The van der Waals surface area contributed by atoms with Gasteiger partial charge in [0.15, 0.2) is 6.79 Å². The van der Waals surface area contributed by atoms with E-state index in [1.54, 1.807) is 24.3 Å². The zero-order chi connectivity index (χ0) is 33.3. The van der Waals surface area contributed by atoms with Crippen molar-refractivity contribution in [2.75, 3.05) is 18.3 Å². The number of carbonyl (C=O) groups is 1. The van der Waals surface area contributed by atoms with Crippen molar-refractivity contribution in [2.45, 2.75) is 117 Å². The van der Waals surface area contributed by atoms with Gasteiger partial charge in [0, 0.05) is 11.4 Å². The minimum absolute atomic E-state index is 0.0675. The second kappa shape index (κ2) is 14.0. The number of hydrogen-bond donors (Lipinski definition) is 2. The number of benzene rings is 2. The number of fused-ring (bicyclic) bond motifs is 5. The van der Waals surface area contributed by atoms with Crippen molar-refractivity contribution in [2.24, 2.45) is 52.3 Å². The van der Waals surface area contributed by atoms with Gasteiger partial charge in [0.05, 0.1) is 11.7 Å². The highest BCUT2D eigenvalue weighted by molar-refractivity contribution is 5.89. The summed E-state index contributed by atoms with van der Waals surface area (Å²) in [7, 11) is 0. The van der Waals surface area contributed by atoms with E-state index in [1.807, 2.05) is 24.3 Å². The number of hydrogen-bond acceptors (Lipinski definition) is 6. The maximum Gasteiger partial charge on any atom is 0.338 e. The van der Waals surface area contributed by atoms with Crippen LogP contribution in [0.2, 0.25) is 0 Å². The van der Waals surface area contributed by atoms with Crippen LogP contribution in [-0.4, -0.2) is 25.0 Å². The van der Waals surface area contributed by atoms with Crippen LogP contribution >= 0.6 is 0 Å². The largest absolute Gasteiger partial charge is 0.468 e. The van der Waals surface area contributed by atoms with Crippen molar-refractivity contribution in [3.63, 3.8) is 0 Å². The van der Waals surface area contributed by atoms with Gasteiger partial charge < -0.3 is 25.7 Å². The Bertz CT molecular complexity index is 1340. The Morgan fingerprint density at radius 1 is 0.809 bits per heavy atom. The Balaban J connectivity index is 1.19. The second-order valence-corrected chi connectivity index (χ2v) is 16.7. The molecule has 4 fully saturated rings. The van der Waals surface area contributed by atoms with E-state index in [1.165, 1.54) is 44.9 Å². The van der Waals surface area contributed by atoms with Crippen molar-refractivity contribution < 1.29 is 19.0 Å². The zero-order valence-electron chi connectivity index (χ0n) is 29.6. The minimum Gasteiger partial charge on any atom is -0.468 e. The van der Waals surface area contributed by atoms with Gasteiger partial charge in [-0.15, -0.1) is 0 Å². The number of carbonyl (C=O) groups excluding carboxylic acids is 1. The lowest BCUT2D eigenvalue weighted by Crippen LogP contribution is -2.59. The molecule has 4 saturated carbocycles. The first-order valence-electron chi connectivity index (χ1n) is 18.6. The molecule has 4 aliphatic rings. The standard InChI is InChI=1S/C41H60N2O4/c1-26(2)7-6-8-27(3)34-17-18-35-33-24-38(46-25-45-31-15-13-30(43)14-16-31)37-23-32(47-39(44)28-9-11-29(42)12-10-28)19-21-41(37,5)36(33)20-22-40(34,35)4/h9-16,26-27,32-38H,6-8,17-25,42-43H2,1-5H3. The molecule has 10 unspecified atom stereocenters. The van der Waals surface area contributed by atoms with Gasteiger partial charge in [-0.1, -0.05) is 53.9 Å². The van der Waals surface area contributed by atoms with Crippen molar-refractivity contribution in [3.05, 3.63) is 54.1 Å². The number of nitrogen functional groups attached to an aromatic ring is 2. The molecule has 0 aromatic heterocycles. The molecule has 0 aliphatic heterocycles. The number of anilines is 2. The van der Waals surface area contributed by atoms with Crippen LogP contribution in [0.1, 0.15) is 116 Å². The lowest BCUT2D eigenvalue weighted by Gasteiger charge is -2.63. The highest BCUT2D eigenvalue weighted by Gasteiger charge is 2.63. The topological polar surface area (TPSA) is 96.8 Å². The molecule has 47 heavy (non-hydrogen) atoms. The molecule has 10 atom stereocenters. The average Bonchev–Trinajstić information content (AvgIpc) is 3.40. The van der Waals surface area contributed by atoms with E-state index in [0.29, 0.717) is 34.4 Å². The fourth-order valence-corrected chi connectivity index (χ4v) is 11.1. The third-order valence-corrected chi connectivity index (χ3v) is 13.6. The van der Waals surface area contributed by atoms with Gasteiger partial charge in [-0.2, -0.15) is 0 Å². The third kappa shape index (κ3) is 7.05. The summed E-state index contributed by atoms with van der Waals surface area (Å²) in [5.74, 6) is 5.33. The van der Waals surface area contributed by atoms with Gasteiger partial charge in [0.1, 0.15) is 11.9 Å². The first-order chi connectivity index (χ1) is 22.5. The van der Waals surface area contributed by atoms with Crippen LogP contribution < -0.4 is 16.2 Å². The van der Waals surface area contributed by atoms with Crippen LogP contribution in [0.3, 0.4) is 0 Å². The monoisotopic (exact) mass is 644 g/mol. The SMILES string of the molecule is CC(C)CCCC(C)C1CCC2C3CC(OCOc4ccc(N)cc4)C4CC(OC(=O)c5ccc(N)cc5)CCC4(C)C3CCC12C. The molecule has 6 rings (SSSR count). The summed E-state index contributed by atoms with van der Waals surface area (Å²) >= 11 is 0. The second-order valence-electron chi connectivity index (χ2n) is 16.7. The average molecular weight is 645 g/mol. The van der Waals surface area contributed by atoms with Crippen LogP contribution in [0.15, 0.2) is 48.5 Å². The molecule has 0 spiro atoms. The van der Waals surface area contributed by atoms with Gasteiger partial charge in [0.25, 0.3) is 0 Å². The Hall–Kier alpha value is -2.73. The molecule has 0 radical (unpaired) electrons. The van der Waals surface area contributed by atoms with Gasteiger partial charge in [-0.25, -0.2) is 4.79 Å². The lowest BCUT2D eigenvalue weighted by molar-refractivity contribution is -0.199. The smallest absolute Gasteiger partial charge is 0.338 e. The molecule has 2 aromatic carbocycles. The van der Waals surface area contributed by atoms with Crippen molar-refractivity contribution in [3.8, 4) is 5.75 Å². The Kier molecular flexibility index (Phi) is 10.2. The zero-order valence-corrected chi connectivity index (χ0v) is 29.6. The predicted octanol–water partition coefficient (Wildman–Crippen LogP) is 9.53. The molecule has 6 heteroatoms. The maximum atomic E-state index is 13.1. The molecule has 0 heterocycles. The van der Waals surface area contributed by atoms with Crippen LogP contribution in [-0.2, 0) is 9.47 Å². The first kappa shape index (κ1) is 34.1. The Morgan fingerprint density at radius 2 is 1.47 bits per heavy atom. The van der Waals surface area contributed by atoms with Gasteiger partial charge >= 0.3 is 5.97 Å². The molecule has 2 aromatic rings. The molecular formula is C41H60N2O4. The van der Waals surface area contributed by atoms with Crippen molar-refractivity contribution in [1.82, 2.24) is 0 Å². The quantitative estimate of drug-likeness (QED) is 0.144. The summed E-state index contributed by atoms with van der Waals surface area (Å²) in [5, 5.41) is 0. The maximum absolute atomic E-state index is 13.1. The molecular weight excluding hydrogens is 584 g/mol. The molecule has 0 bridgehead atoms. The lowest BCUT2D eigenvalue weighted by atomic mass is 9.43. The fourth-order valence-electron chi connectivity index (χ4n) is 11.1. The fraction of sp³-hybridized carbons (Fsp3) is 0.683. The van der Waals surface area contributed by atoms with Crippen molar-refractivity contribution >= 4 is 17.3 Å². The van der Waals surface area contributed by atoms with Gasteiger partial charge in [0.2, 0.25) is 0 Å². The normalized spacial score (nSPS) is 35.4. The van der Waals surface area contributed by atoms with Gasteiger partial charge in [-0.3, -0.25) is 0 Å². The van der Waals surface area contributed by atoms with E-state index in [2.05, 4.69) is 34.6 Å². The summed E-state index contributed by atoms with van der Waals surface area (Å²) in [6.07, 6.45) is 13.3. The summed E-state index contributed by atoms with van der Waals surface area (Å²) in [6, 6.07) is 14.6. The van der Waals surface area contributed by atoms with Crippen LogP contribution in [0.4, 0.5) is 11.4 Å². The molecule has 0 saturated heterocycles. The number of rotatable bonds is 11. The third-order valence-electron chi connectivity index (χ3n) is 13.6. The molecule has 4 aliphatic carbocycles. The van der Waals surface area contributed by atoms with Crippen LogP contribution in [0.5, 0.6) is 5.75 Å². The van der Waals surface area contributed by atoms with Crippen molar-refractivity contribution in [1.29, 1.82) is 0 Å². The Morgan fingerprint density at radius 3 is 2.17 bits per heavy atom. The van der Waals surface area contributed by atoms with Crippen LogP contribution in [0.25, 0.3) is 0 Å². The predicted molar refractivity (Wildman–Crippen MR) is 190 cm³/mol. The molecule has 0 amide bonds. The molecule has 4 N–H and O–H groups in total.